The Morgan fingerprint density at radius 2 is 2.14 bits per heavy atom. The molecule has 0 N–H and O–H groups in total. The van der Waals surface area contributed by atoms with Crippen LogP contribution in [0.2, 0.25) is 5.02 Å². The molecule has 74 valence electrons. The van der Waals surface area contributed by atoms with Gasteiger partial charge < -0.3 is 4.89 Å². The van der Waals surface area contributed by atoms with E-state index >= 15 is 0 Å². The third-order valence-corrected chi connectivity index (χ3v) is 2.70. The monoisotopic (exact) mass is 252 g/mol. The molecule has 0 spiro atoms. The average Bonchev–Trinajstić information content (AvgIpc) is 2.48. The second-order valence-electron chi connectivity index (χ2n) is 2.61. The number of halogens is 3. The van der Waals surface area contributed by atoms with Crippen LogP contribution in [0, 0.1) is 0 Å². The summed E-state index contributed by atoms with van der Waals surface area (Å²) in [5.41, 5.74) is -0.194. The first-order valence-electron chi connectivity index (χ1n) is 3.61. The standard InChI is InChI=1S/C8H3Cl3O3/c9-6-3(7(10)12)1-2-4-5(6)8(11)14-13-4/h1-2,8H. The van der Waals surface area contributed by atoms with Crippen molar-refractivity contribution in [2.45, 2.75) is 5.56 Å². The van der Waals surface area contributed by atoms with Gasteiger partial charge in [0.1, 0.15) is 0 Å². The Balaban J connectivity index is 2.61. The molecule has 0 saturated heterocycles. The summed E-state index contributed by atoms with van der Waals surface area (Å²) in [4.78, 5) is 20.3. The minimum atomic E-state index is -0.812. The van der Waals surface area contributed by atoms with E-state index < -0.39 is 10.8 Å². The lowest BCUT2D eigenvalue weighted by atomic mass is 10.1. The van der Waals surface area contributed by atoms with Crippen LogP contribution < -0.4 is 4.89 Å². The molecule has 1 atom stereocenters. The highest BCUT2D eigenvalue weighted by atomic mass is 35.5. The molecule has 1 aromatic carbocycles. The summed E-state index contributed by atoms with van der Waals surface area (Å²) in [5.74, 6) is 0.400. The van der Waals surface area contributed by atoms with Crippen LogP contribution in [0.5, 0.6) is 5.75 Å². The minimum absolute atomic E-state index is 0.167. The van der Waals surface area contributed by atoms with Gasteiger partial charge in [-0.3, -0.25) is 4.79 Å². The van der Waals surface area contributed by atoms with Crippen molar-refractivity contribution < 1.29 is 14.6 Å². The molecular weight excluding hydrogens is 250 g/mol. The number of alkyl halides is 1. The number of hydrogen-bond donors (Lipinski definition) is 0. The van der Waals surface area contributed by atoms with E-state index in [1.807, 2.05) is 0 Å². The van der Waals surface area contributed by atoms with E-state index in [0.717, 1.165) is 0 Å². The van der Waals surface area contributed by atoms with E-state index in [1.165, 1.54) is 12.1 Å². The Hall–Kier alpha value is -0.480. The molecule has 0 saturated carbocycles. The molecule has 1 heterocycles. The molecule has 1 aliphatic heterocycles. The maximum atomic E-state index is 10.9. The summed E-state index contributed by atoms with van der Waals surface area (Å²) in [5, 5.41) is -0.478. The molecule has 0 bridgehead atoms. The number of rotatable bonds is 1. The highest BCUT2D eigenvalue weighted by Gasteiger charge is 2.29. The predicted octanol–water partition coefficient (Wildman–Crippen LogP) is 3.28. The third-order valence-electron chi connectivity index (χ3n) is 1.80. The Bertz CT molecular complexity index is 405. The van der Waals surface area contributed by atoms with Crippen LogP contribution >= 0.6 is 34.8 Å². The molecule has 14 heavy (non-hydrogen) atoms. The second-order valence-corrected chi connectivity index (χ2v) is 3.73. The SMILES string of the molecule is O=C(Cl)c1ccc2c(c1Cl)C(Cl)OO2. The van der Waals surface area contributed by atoms with Crippen molar-refractivity contribution in [3.8, 4) is 5.75 Å². The fourth-order valence-electron chi connectivity index (χ4n) is 1.15. The molecule has 0 aliphatic carbocycles. The summed E-state index contributed by atoms with van der Waals surface area (Å²) in [6.45, 7) is 0. The summed E-state index contributed by atoms with van der Waals surface area (Å²) in [6, 6.07) is 2.98. The Labute approximate surface area is 94.4 Å². The molecule has 3 nitrogen and oxygen atoms in total. The van der Waals surface area contributed by atoms with E-state index in [2.05, 4.69) is 4.89 Å². The van der Waals surface area contributed by atoms with Gasteiger partial charge in [0.15, 0.2) is 5.75 Å². The predicted molar refractivity (Wildman–Crippen MR) is 51.9 cm³/mol. The fraction of sp³-hybridized carbons (Fsp3) is 0.125. The van der Waals surface area contributed by atoms with Crippen molar-refractivity contribution in [1.82, 2.24) is 0 Å². The van der Waals surface area contributed by atoms with Gasteiger partial charge in [-0.2, -0.15) is 4.89 Å². The lowest BCUT2D eigenvalue weighted by molar-refractivity contribution is -0.200. The maximum absolute atomic E-state index is 10.9. The molecule has 2 rings (SSSR count). The maximum Gasteiger partial charge on any atom is 0.253 e. The van der Waals surface area contributed by atoms with Gasteiger partial charge in [0.2, 0.25) is 5.56 Å². The minimum Gasteiger partial charge on any atom is -0.335 e. The van der Waals surface area contributed by atoms with Gasteiger partial charge in [0, 0.05) is 0 Å². The molecule has 1 aliphatic rings. The van der Waals surface area contributed by atoms with Crippen LogP contribution in [0.3, 0.4) is 0 Å². The largest absolute Gasteiger partial charge is 0.335 e. The van der Waals surface area contributed by atoms with Gasteiger partial charge in [-0.05, 0) is 23.7 Å². The van der Waals surface area contributed by atoms with Crippen LogP contribution in [0.4, 0.5) is 0 Å². The highest BCUT2D eigenvalue weighted by Crippen LogP contribution is 2.43. The van der Waals surface area contributed by atoms with Crippen LogP contribution in [-0.2, 0) is 4.89 Å². The molecular formula is C8H3Cl3O3. The summed E-state index contributed by atoms with van der Waals surface area (Å²) in [6.07, 6.45) is 0. The van der Waals surface area contributed by atoms with Gasteiger partial charge in [0.05, 0.1) is 16.1 Å². The van der Waals surface area contributed by atoms with Crippen molar-refractivity contribution >= 4 is 40.0 Å². The van der Waals surface area contributed by atoms with Crippen LogP contribution in [-0.4, -0.2) is 5.24 Å². The van der Waals surface area contributed by atoms with E-state index in [9.17, 15) is 4.79 Å². The van der Waals surface area contributed by atoms with Gasteiger partial charge in [-0.1, -0.05) is 23.2 Å². The van der Waals surface area contributed by atoms with E-state index in [0.29, 0.717) is 11.3 Å². The van der Waals surface area contributed by atoms with Crippen molar-refractivity contribution in [3.63, 3.8) is 0 Å². The van der Waals surface area contributed by atoms with Gasteiger partial charge >= 0.3 is 0 Å². The summed E-state index contributed by atoms with van der Waals surface area (Å²) < 4.78 is 0. The van der Waals surface area contributed by atoms with E-state index in [-0.39, 0.29) is 10.6 Å². The van der Waals surface area contributed by atoms with Gasteiger partial charge in [-0.15, -0.1) is 0 Å². The van der Waals surface area contributed by atoms with E-state index in [4.69, 9.17) is 39.7 Å². The normalized spacial score (nSPS) is 18.9. The van der Waals surface area contributed by atoms with Crippen molar-refractivity contribution in [2.24, 2.45) is 0 Å². The fourth-order valence-corrected chi connectivity index (χ4v) is 2.01. The second kappa shape index (κ2) is 3.59. The zero-order chi connectivity index (χ0) is 10.3. The molecule has 1 aromatic rings. The lowest BCUT2D eigenvalue weighted by Gasteiger charge is -2.03. The van der Waals surface area contributed by atoms with Crippen molar-refractivity contribution in [3.05, 3.63) is 28.3 Å². The van der Waals surface area contributed by atoms with Gasteiger partial charge in [-0.25, -0.2) is 0 Å². The first-order chi connectivity index (χ1) is 6.61. The highest BCUT2D eigenvalue weighted by molar-refractivity contribution is 6.68. The van der Waals surface area contributed by atoms with Crippen molar-refractivity contribution in [1.29, 1.82) is 0 Å². The number of hydrogen-bond acceptors (Lipinski definition) is 3. The topological polar surface area (TPSA) is 35.5 Å². The zero-order valence-corrected chi connectivity index (χ0v) is 8.86. The number of carbonyl (C=O) groups is 1. The first kappa shape index (κ1) is 10.1. The van der Waals surface area contributed by atoms with Crippen LogP contribution in [0.15, 0.2) is 12.1 Å². The third kappa shape index (κ3) is 1.46. The number of carbonyl (C=O) groups excluding carboxylic acids is 1. The first-order valence-corrected chi connectivity index (χ1v) is 4.80. The molecule has 0 amide bonds. The van der Waals surface area contributed by atoms with E-state index in [1.54, 1.807) is 0 Å². The molecule has 0 fully saturated rings. The molecule has 1 unspecified atom stereocenters. The summed E-state index contributed by atoms with van der Waals surface area (Å²) >= 11 is 16.9. The summed E-state index contributed by atoms with van der Waals surface area (Å²) in [7, 11) is 0. The molecule has 6 heteroatoms. The van der Waals surface area contributed by atoms with Gasteiger partial charge in [0.25, 0.3) is 5.24 Å². The zero-order valence-electron chi connectivity index (χ0n) is 6.59. The average molecular weight is 253 g/mol. The molecule has 0 radical (unpaired) electrons. The Morgan fingerprint density at radius 3 is 2.79 bits per heavy atom. The lowest BCUT2D eigenvalue weighted by Crippen LogP contribution is -1.94. The molecule has 0 aromatic heterocycles. The van der Waals surface area contributed by atoms with Crippen LogP contribution in [0.25, 0.3) is 0 Å². The Morgan fingerprint density at radius 1 is 1.43 bits per heavy atom. The number of benzene rings is 1. The van der Waals surface area contributed by atoms with Crippen LogP contribution in [0.1, 0.15) is 21.5 Å². The Kier molecular flexibility index (Phi) is 2.58. The van der Waals surface area contributed by atoms with Crippen molar-refractivity contribution in [2.75, 3.05) is 0 Å². The smallest absolute Gasteiger partial charge is 0.253 e. The number of fused-ring (bicyclic) bond motifs is 1. The quantitative estimate of drug-likeness (QED) is 0.438.